The second-order valence-corrected chi connectivity index (χ2v) is 6.47. The van der Waals surface area contributed by atoms with Gasteiger partial charge in [-0.2, -0.15) is 0 Å². The number of piperidine rings is 1. The van der Waals surface area contributed by atoms with Crippen LogP contribution >= 0.6 is 0 Å². The van der Waals surface area contributed by atoms with Crippen LogP contribution in [0.1, 0.15) is 58.3 Å². The van der Waals surface area contributed by atoms with Gasteiger partial charge in [0.05, 0.1) is 0 Å². The van der Waals surface area contributed by atoms with E-state index in [1.54, 1.807) is 0 Å². The standard InChI is InChI=1S/C16H29NO3/c1-2-20-14(15(18)19)6-11-17-12-9-16(10-13-17)7-4-3-5-8-16/h14H,2-13H2,1H3,(H,18,19). The van der Waals surface area contributed by atoms with E-state index in [4.69, 9.17) is 9.84 Å². The number of likely N-dealkylation sites (tertiary alicyclic amines) is 1. The number of aliphatic carboxylic acids is 1. The third-order valence-electron chi connectivity index (χ3n) is 5.18. The predicted octanol–water partition coefficient (Wildman–Crippen LogP) is 2.91. The lowest BCUT2D eigenvalue weighted by Crippen LogP contribution is -2.42. The summed E-state index contributed by atoms with van der Waals surface area (Å²) >= 11 is 0. The van der Waals surface area contributed by atoms with Gasteiger partial charge in [-0.1, -0.05) is 19.3 Å². The minimum absolute atomic E-state index is 0.472. The van der Waals surface area contributed by atoms with E-state index < -0.39 is 12.1 Å². The Morgan fingerprint density at radius 3 is 2.40 bits per heavy atom. The molecule has 1 aliphatic carbocycles. The van der Waals surface area contributed by atoms with E-state index in [9.17, 15) is 4.79 Å². The fourth-order valence-corrected chi connectivity index (χ4v) is 3.83. The molecule has 0 bridgehead atoms. The first-order valence-electron chi connectivity index (χ1n) is 8.22. The number of carbonyl (C=O) groups is 1. The summed E-state index contributed by atoms with van der Waals surface area (Å²) in [6.07, 6.45) is 9.64. The summed E-state index contributed by atoms with van der Waals surface area (Å²) in [6, 6.07) is 0. The largest absolute Gasteiger partial charge is 0.479 e. The monoisotopic (exact) mass is 283 g/mol. The Morgan fingerprint density at radius 1 is 1.20 bits per heavy atom. The van der Waals surface area contributed by atoms with Crippen LogP contribution in [0.3, 0.4) is 0 Å². The first-order chi connectivity index (χ1) is 9.65. The molecule has 2 aliphatic rings. The van der Waals surface area contributed by atoms with Gasteiger partial charge in [0, 0.05) is 13.2 Å². The number of carboxylic acid groups (broad SMARTS) is 1. The van der Waals surface area contributed by atoms with E-state index in [0.29, 0.717) is 18.4 Å². The maximum atomic E-state index is 11.1. The highest BCUT2D eigenvalue weighted by atomic mass is 16.5. The van der Waals surface area contributed by atoms with Crippen LogP contribution in [-0.2, 0) is 9.53 Å². The van der Waals surface area contributed by atoms with Crippen LogP contribution in [0.4, 0.5) is 0 Å². The van der Waals surface area contributed by atoms with E-state index in [-0.39, 0.29) is 0 Å². The first kappa shape index (κ1) is 15.8. The van der Waals surface area contributed by atoms with Crippen LogP contribution in [-0.4, -0.2) is 48.3 Å². The van der Waals surface area contributed by atoms with E-state index in [1.807, 2.05) is 6.92 Å². The molecule has 1 unspecified atom stereocenters. The molecule has 0 aromatic heterocycles. The zero-order chi connectivity index (χ0) is 14.4. The van der Waals surface area contributed by atoms with Crippen LogP contribution in [0, 0.1) is 5.41 Å². The lowest BCUT2D eigenvalue weighted by atomic mass is 9.68. The van der Waals surface area contributed by atoms with Gasteiger partial charge >= 0.3 is 5.97 Å². The Kier molecular flexibility index (Phi) is 5.85. The number of rotatable bonds is 6. The van der Waals surface area contributed by atoms with Gasteiger partial charge in [-0.3, -0.25) is 0 Å². The zero-order valence-electron chi connectivity index (χ0n) is 12.8. The second kappa shape index (κ2) is 7.41. The van der Waals surface area contributed by atoms with Gasteiger partial charge in [-0.25, -0.2) is 4.79 Å². The van der Waals surface area contributed by atoms with Crippen molar-refractivity contribution in [2.75, 3.05) is 26.2 Å². The molecule has 2 fully saturated rings. The number of hydrogen-bond acceptors (Lipinski definition) is 3. The van der Waals surface area contributed by atoms with Crippen LogP contribution in [0.15, 0.2) is 0 Å². The maximum absolute atomic E-state index is 11.1. The van der Waals surface area contributed by atoms with Crippen LogP contribution in [0.2, 0.25) is 0 Å². The summed E-state index contributed by atoms with van der Waals surface area (Å²) in [5, 5.41) is 9.09. The molecule has 1 atom stereocenters. The quantitative estimate of drug-likeness (QED) is 0.814. The van der Waals surface area contributed by atoms with Gasteiger partial charge in [0.25, 0.3) is 0 Å². The van der Waals surface area contributed by atoms with E-state index in [2.05, 4.69) is 4.90 Å². The van der Waals surface area contributed by atoms with Gasteiger partial charge in [0.15, 0.2) is 6.10 Å². The van der Waals surface area contributed by atoms with Crippen molar-refractivity contribution in [3.63, 3.8) is 0 Å². The molecule has 1 N–H and O–H groups in total. The van der Waals surface area contributed by atoms with E-state index in [1.165, 1.54) is 44.9 Å². The Morgan fingerprint density at radius 2 is 1.85 bits per heavy atom. The summed E-state index contributed by atoms with van der Waals surface area (Å²) < 4.78 is 5.28. The topological polar surface area (TPSA) is 49.8 Å². The van der Waals surface area contributed by atoms with Gasteiger partial charge in [-0.15, -0.1) is 0 Å². The maximum Gasteiger partial charge on any atom is 0.332 e. The third kappa shape index (κ3) is 4.19. The summed E-state index contributed by atoms with van der Waals surface area (Å²) in [6.45, 7) is 5.45. The molecule has 0 amide bonds. The predicted molar refractivity (Wildman–Crippen MR) is 78.9 cm³/mol. The Bertz CT molecular complexity index is 303. The summed E-state index contributed by atoms with van der Waals surface area (Å²) in [4.78, 5) is 13.5. The minimum atomic E-state index is -0.826. The number of ether oxygens (including phenoxy) is 1. The normalized spacial score (nSPS) is 24.6. The third-order valence-corrected chi connectivity index (χ3v) is 5.18. The molecular weight excluding hydrogens is 254 g/mol. The highest BCUT2D eigenvalue weighted by Gasteiger charge is 2.35. The van der Waals surface area contributed by atoms with Gasteiger partial charge < -0.3 is 14.7 Å². The van der Waals surface area contributed by atoms with Crippen molar-refractivity contribution in [3.8, 4) is 0 Å². The zero-order valence-corrected chi connectivity index (χ0v) is 12.8. The highest BCUT2D eigenvalue weighted by molar-refractivity contribution is 5.72. The van der Waals surface area contributed by atoms with Crippen LogP contribution in [0.25, 0.3) is 0 Å². The molecule has 1 aliphatic heterocycles. The number of nitrogens with zero attached hydrogens (tertiary/aromatic N) is 1. The molecule has 116 valence electrons. The number of carboxylic acids is 1. The molecule has 1 saturated heterocycles. The molecule has 1 saturated carbocycles. The lowest BCUT2D eigenvalue weighted by molar-refractivity contribution is -0.150. The van der Waals surface area contributed by atoms with Gasteiger partial charge in [-0.05, 0) is 57.5 Å². The van der Waals surface area contributed by atoms with E-state index >= 15 is 0 Å². The molecule has 4 heteroatoms. The molecule has 0 aromatic rings. The van der Waals surface area contributed by atoms with Crippen molar-refractivity contribution in [1.29, 1.82) is 0 Å². The summed E-state index contributed by atoms with van der Waals surface area (Å²) in [5.41, 5.74) is 0.626. The SMILES string of the molecule is CCOC(CCN1CCC2(CCCCC2)CC1)C(=O)O. The average Bonchev–Trinajstić information content (AvgIpc) is 2.46. The highest BCUT2D eigenvalue weighted by Crippen LogP contribution is 2.44. The Labute approximate surface area is 122 Å². The fraction of sp³-hybridized carbons (Fsp3) is 0.938. The Balaban J connectivity index is 1.72. The molecule has 1 heterocycles. The van der Waals surface area contributed by atoms with Crippen LogP contribution < -0.4 is 0 Å². The average molecular weight is 283 g/mol. The van der Waals surface area contributed by atoms with Crippen molar-refractivity contribution >= 4 is 5.97 Å². The lowest BCUT2D eigenvalue weighted by Gasteiger charge is -2.44. The molecule has 4 nitrogen and oxygen atoms in total. The molecule has 0 aromatic carbocycles. The smallest absolute Gasteiger partial charge is 0.332 e. The van der Waals surface area contributed by atoms with Crippen LogP contribution in [0.5, 0.6) is 0 Å². The minimum Gasteiger partial charge on any atom is -0.479 e. The summed E-state index contributed by atoms with van der Waals surface area (Å²) in [5.74, 6) is -0.826. The van der Waals surface area contributed by atoms with Gasteiger partial charge in [0.1, 0.15) is 0 Å². The molecule has 0 radical (unpaired) electrons. The second-order valence-electron chi connectivity index (χ2n) is 6.47. The fourth-order valence-electron chi connectivity index (χ4n) is 3.83. The number of hydrogen-bond donors (Lipinski definition) is 1. The van der Waals surface area contributed by atoms with Crippen molar-refractivity contribution in [3.05, 3.63) is 0 Å². The summed E-state index contributed by atoms with van der Waals surface area (Å²) in [7, 11) is 0. The molecular formula is C16H29NO3. The molecule has 2 rings (SSSR count). The van der Waals surface area contributed by atoms with Crippen molar-refractivity contribution in [2.24, 2.45) is 5.41 Å². The first-order valence-corrected chi connectivity index (χ1v) is 8.22. The van der Waals surface area contributed by atoms with Crippen molar-refractivity contribution in [2.45, 2.75) is 64.4 Å². The Hall–Kier alpha value is -0.610. The van der Waals surface area contributed by atoms with Crippen molar-refractivity contribution in [1.82, 2.24) is 4.90 Å². The van der Waals surface area contributed by atoms with Crippen molar-refractivity contribution < 1.29 is 14.6 Å². The molecule has 1 spiro atoms. The molecule has 20 heavy (non-hydrogen) atoms. The van der Waals surface area contributed by atoms with Gasteiger partial charge in [0.2, 0.25) is 0 Å². The van der Waals surface area contributed by atoms with E-state index in [0.717, 1.165) is 19.6 Å².